The van der Waals surface area contributed by atoms with Gasteiger partial charge in [-0.1, -0.05) is 0 Å². The number of allylic oxidation sites excluding steroid dienone is 1. The van der Waals surface area contributed by atoms with Crippen LogP contribution in [0.25, 0.3) is 17.1 Å². The maximum atomic E-state index is 12.9. The van der Waals surface area contributed by atoms with Crippen LogP contribution >= 0.6 is 0 Å². The minimum Gasteiger partial charge on any atom is -0.507 e. The molecule has 0 spiro atoms. The zero-order chi connectivity index (χ0) is 20.0. The molecule has 3 aromatic rings. The van der Waals surface area contributed by atoms with Crippen molar-refractivity contribution in [3.8, 4) is 11.5 Å². The molecular weight excluding hydrogens is 368 g/mol. The van der Waals surface area contributed by atoms with Gasteiger partial charge in [-0.2, -0.15) is 0 Å². The standard InChI is InChI=1S/C22H22N4O3/c1-25-7-9-26(10-8-25)13-17-18(27)5-4-16-20(28)19(29-21(16)17)11-14-12-24-22-15(14)3-2-6-23-22/h2-6,11-12,27H,7-10,13H2,1H3,(H,23,24)/b19-11-. The van der Waals surface area contributed by atoms with Crippen LogP contribution in [0.3, 0.4) is 0 Å². The highest BCUT2D eigenvalue weighted by Gasteiger charge is 2.32. The number of aromatic nitrogens is 2. The summed E-state index contributed by atoms with van der Waals surface area (Å²) in [6.07, 6.45) is 5.27. The number of carbonyl (C=O) groups excluding carboxylic acids is 1. The van der Waals surface area contributed by atoms with E-state index in [0.29, 0.717) is 23.4 Å². The number of hydrogen-bond donors (Lipinski definition) is 2. The SMILES string of the molecule is CN1CCN(Cc2c(O)ccc3c2O/C(=C\c2c[nH]c4ncccc24)C3=O)CC1. The number of likely N-dealkylation sites (N-methyl/N-ethyl adjacent to an activating group) is 1. The van der Waals surface area contributed by atoms with E-state index in [-0.39, 0.29) is 17.3 Å². The van der Waals surface area contributed by atoms with Crippen LogP contribution in [0, 0.1) is 0 Å². The van der Waals surface area contributed by atoms with Gasteiger partial charge in [-0.15, -0.1) is 0 Å². The Bertz CT molecular complexity index is 1130. The fraction of sp³-hybridized carbons (Fsp3) is 0.273. The van der Waals surface area contributed by atoms with Crippen molar-refractivity contribution in [3.05, 3.63) is 59.1 Å². The van der Waals surface area contributed by atoms with Gasteiger partial charge in [-0.05, 0) is 37.4 Å². The number of benzene rings is 1. The number of piperazine rings is 1. The first-order chi connectivity index (χ1) is 14.1. The maximum absolute atomic E-state index is 12.9. The summed E-state index contributed by atoms with van der Waals surface area (Å²) in [5.41, 5.74) is 2.77. The Balaban J connectivity index is 1.47. The number of pyridine rings is 1. The van der Waals surface area contributed by atoms with Gasteiger partial charge in [-0.3, -0.25) is 9.69 Å². The van der Waals surface area contributed by atoms with E-state index in [1.165, 1.54) is 0 Å². The molecule has 0 radical (unpaired) electrons. The molecule has 0 unspecified atom stereocenters. The molecule has 2 aliphatic rings. The lowest BCUT2D eigenvalue weighted by Gasteiger charge is -2.32. The summed E-state index contributed by atoms with van der Waals surface area (Å²) in [7, 11) is 2.11. The van der Waals surface area contributed by atoms with Gasteiger partial charge >= 0.3 is 0 Å². The average molecular weight is 390 g/mol. The molecular formula is C22H22N4O3. The number of aromatic hydroxyl groups is 1. The number of phenols is 1. The van der Waals surface area contributed by atoms with E-state index in [0.717, 1.165) is 42.8 Å². The summed E-state index contributed by atoms with van der Waals surface area (Å²) in [5.74, 6) is 0.721. The second kappa shape index (κ2) is 7.02. The van der Waals surface area contributed by atoms with Gasteiger partial charge in [0.25, 0.3) is 0 Å². The van der Waals surface area contributed by atoms with E-state index in [4.69, 9.17) is 4.74 Å². The number of hydrogen-bond acceptors (Lipinski definition) is 6. The molecule has 1 aromatic carbocycles. The molecule has 0 atom stereocenters. The normalized spacial score (nSPS) is 19.1. The number of ketones is 1. The van der Waals surface area contributed by atoms with E-state index in [9.17, 15) is 9.90 Å². The highest BCUT2D eigenvalue weighted by molar-refractivity contribution is 6.15. The zero-order valence-corrected chi connectivity index (χ0v) is 16.2. The Kier molecular flexibility index (Phi) is 4.34. The zero-order valence-electron chi connectivity index (χ0n) is 16.2. The summed E-state index contributed by atoms with van der Waals surface area (Å²) in [6.45, 7) is 4.35. The van der Waals surface area contributed by atoms with Crippen LogP contribution in [0.2, 0.25) is 0 Å². The number of ether oxygens (including phenoxy) is 1. The summed E-state index contributed by atoms with van der Waals surface area (Å²) < 4.78 is 6.00. The maximum Gasteiger partial charge on any atom is 0.231 e. The van der Waals surface area contributed by atoms with Crippen molar-refractivity contribution in [2.75, 3.05) is 33.2 Å². The minimum atomic E-state index is -0.169. The lowest BCUT2D eigenvalue weighted by atomic mass is 10.0. The van der Waals surface area contributed by atoms with Crippen molar-refractivity contribution < 1.29 is 14.6 Å². The number of nitrogens with one attached hydrogen (secondary N) is 1. The van der Waals surface area contributed by atoms with Crippen molar-refractivity contribution in [3.63, 3.8) is 0 Å². The molecule has 2 aliphatic heterocycles. The third-order valence-electron chi connectivity index (χ3n) is 5.66. The average Bonchev–Trinajstić information content (AvgIpc) is 3.28. The number of rotatable bonds is 3. The number of phenolic OH excluding ortho intramolecular Hbond substituents is 1. The Morgan fingerprint density at radius 2 is 2.07 bits per heavy atom. The van der Waals surface area contributed by atoms with Gasteiger partial charge in [0.15, 0.2) is 5.76 Å². The van der Waals surface area contributed by atoms with E-state index in [2.05, 4.69) is 26.8 Å². The van der Waals surface area contributed by atoms with Crippen LogP contribution in [0.1, 0.15) is 21.5 Å². The van der Waals surface area contributed by atoms with Crippen molar-refractivity contribution in [2.45, 2.75) is 6.54 Å². The third-order valence-corrected chi connectivity index (χ3v) is 5.66. The Morgan fingerprint density at radius 1 is 1.24 bits per heavy atom. The van der Waals surface area contributed by atoms with Gasteiger partial charge < -0.3 is 19.7 Å². The quantitative estimate of drug-likeness (QED) is 0.669. The summed E-state index contributed by atoms with van der Waals surface area (Å²) >= 11 is 0. The molecule has 7 nitrogen and oxygen atoms in total. The van der Waals surface area contributed by atoms with Crippen molar-refractivity contribution in [2.24, 2.45) is 0 Å². The fourth-order valence-corrected chi connectivity index (χ4v) is 3.92. The predicted octanol–water partition coefficient (Wildman–Crippen LogP) is 2.63. The number of carbonyl (C=O) groups is 1. The number of H-pyrrole nitrogens is 1. The summed E-state index contributed by atoms with van der Waals surface area (Å²) in [4.78, 5) is 24.9. The van der Waals surface area contributed by atoms with E-state index in [1.54, 1.807) is 24.4 Å². The molecule has 2 aromatic heterocycles. The van der Waals surface area contributed by atoms with Gasteiger partial charge in [0.1, 0.15) is 17.1 Å². The number of Topliss-reactive ketones (excluding diaryl/α,β-unsaturated/α-hetero) is 1. The van der Waals surface area contributed by atoms with E-state index < -0.39 is 0 Å². The molecule has 29 heavy (non-hydrogen) atoms. The van der Waals surface area contributed by atoms with Crippen LogP contribution in [-0.4, -0.2) is 63.9 Å². The predicted molar refractivity (Wildman–Crippen MR) is 110 cm³/mol. The number of nitrogens with zero attached hydrogens (tertiary/aromatic N) is 3. The first kappa shape index (κ1) is 17.9. The van der Waals surface area contributed by atoms with Crippen LogP contribution in [0.15, 0.2) is 42.4 Å². The molecule has 1 saturated heterocycles. The molecule has 0 bridgehead atoms. The molecule has 0 saturated carbocycles. The van der Waals surface area contributed by atoms with Crippen LogP contribution in [0.5, 0.6) is 11.5 Å². The third kappa shape index (κ3) is 3.18. The van der Waals surface area contributed by atoms with Gasteiger partial charge in [0.05, 0.1) is 11.1 Å². The van der Waals surface area contributed by atoms with Crippen LogP contribution in [0.4, 0.5) is 0 Å². The Hall–Kier alpha value is -3.16. The lowest BCUT2D eigenvalue weighted by molar-refractivity contribution is 0.101. The molecule has 148 valence electrons. The van der Waals surface area contributed by atoms with Crippen molar-refractivity contribution >= 4 is 22.9 Å². The second-order valence-corrected chi connectivity index (χ2v) is 7.60. The summed E-state index contributed by atoms with van der Waals surface area (Å²) in [6, 6.07) is 7.03. The molecule has 4 heterocycles. The van der Waals surface area contributed by atoms with E-state index >= 15 is 0 Å². The monoisotopic (exact) mass is 390 g/mol. The van der Waals surface area contributed by atoms with Gasteiger partial charge in [-0.25, -0.2) is 4.98 Å². The van der Waals surface area contributed by atoms with Crippen LogP contribution < -0.4 is 4.74 Å². The molecule has 5 rings (SSSR count). The number of fused-ring (bicyclic) bond motifs is 2. The molecule has 7 heteroatoms. The van der Waals surface area contributed by atoms with Crippen molar-refractivity contribution in [1.82, 2.24) is 19.8 Å². The smallest absolute Gasteiger partial charge is 0.231 e. The second-order valence-electron chi connectivity index (χ2n) is 7.60. The highest BCUT2D eigenvalue weighted by Crippen LogP contribution is 2.40. The molecule has 0 amide bonds. The molecule has 1 fully saturated rings. The molecule has 2 N–H and O–H groups in total. The number of aromatic amines is 1. The first-order valence-corrected chi connectivity index (χ1v) is 9.72. The van der Waals surface area contributed by atoms with Crippen LogP contribution in [-0.2, 0) is 6.54 Å². The topological polar surface area (TPSA) is 81.7 Å². The Morgan fingerprint density at radius 3 is 2.90 bits per heavy atom. The van der Waals surface area contributed by atoms with Gasteiger partial charge in [0, 0.05) is 56.1 Å². The highest BCUT2D eigenvalue weighted by atomic mass is 16.5. The Labute approximate surface area is 168 Å². The largest absolute Gasteiger partial charge is 0.507 e. The first-order valence-electron chi connectivity index (χ1n) is 9.72. The fourth-order valence-electron chi connectivity index (χ4n) is 3.92. The van der Waals surface area contributed by atoms with Crippen molar-refractivity contribution in [1.29, 1.82) is 0 Å². The minimum absolute atomic E-state index is 0.160. The van der Waals surface area contributed by atoms with E-state index in [1.807, 2.05) is 18.3 Å². The van der Waals surface area contributed by atoms with Gasteiger partial charge in [0.2, 0.25) is 5.78 Å². The lowest BCUT2D eigenvalue weighted by Crippen LogP contribution is -2.43. The molecule has 0 aliphatic carbocycles. The summed E-state index contributed by atoms with van der Waals surface area (Å²) in [5, 5.41) is 11.4.